The number of amides is 3. The molecule has 9 heteroatoms. The lowest BCUT2D eigenvalue weighted by Crippen LogP contribution is -2.39. The second kappa shape index (κ2) is 11.8. The van der Waals surface area contributed by atoms with E-state index in [1.807, 2.05) is 0 Å². The zero-order valence-electron chi connectivity index (χ0n) is 19.0. The molecule has 0 aliphatic heterocycles. The summed E-state index contributed by atoms with van der Waals surface area (Å²) in [4.78, 5) is 27.3. The number of carbonyl (C=O) groups is 2. The fraction of sp³-hybridized carbons (Fsp3) is 0.115. The number of hydrogen-bond donors (Lipinski definition) is 4. The highest BCUT2D eigenvalue weighted by Crippen LogP contribution is 2.21. The Kier molecular flexibility index (Phi) is 8.58. The first-order valence-electron chi connectivity index (χ1n) is 10.7. The number of carbonyl (C=O) groups excluding carboxylic acids is 2. The zero-order valence-corrected chi connectivity index (χ0v) is 19.8. The maximum absolute atomic E-state index is 14.8. The summed E-state index contributed by atoms with van der Waals surface area (Å²) in [5.74, 6) is -1.22. The number of nitrogens with zero attached hydrogens (tertiary/aromatic N) is 1. The first-order chi connectivity index (χ1) is 16.8. The minimum atomic E-state index is -1.10. The molecule has 0 heterocycles. The average molecular weight is 494 g/mol. The van der Waals surface area contributed by atoms with Crippen molar-refractivity contribution in [1.82, 2.24) is 10.2 Å². The third kappa shape index (κ3) is 6.91. The van der Waals surface area contributed by atoms with E-state index in [0.717, 1.165) is 0 Å². The fourth-order valence-electron chi connectivity index (χ4n) is 3.25. The summed E-state index contributed by atoms with van der Waals surface area (Å²) in [5, 5.41) is 16.5. The van der Waals surface area contributed by atoms with Crippen molar-refractivity contribution in [2.75, 3.05) is 24.2 Å². The Morgan fingerprint density at radius 2 is 1.77 bits per heavy atom. The van der Waals surface area contributed by atoms with E-state index in [1.54, 1.807) is 78.7 Å². The molecule has 0 fully saturated rings. The van der Waals surface area contributed by atoms with E-state index >= 15 is 0 Å². The third-order valence-electron chi connectivity index (χ3n) is 5.06. The molecule has 0 aliphatic carbocycles. The van der Waals surface area contributed by atoms with Gasteiger partial charge in [-0.05, 0) is 48.0 Å². The van der Waals surface area contributed by atoms with Crippen molar-refractivity contribution in [2.45, 2.75) is 6.04 Å². The smallest absolute Gasteiger partial charge is 0.320 e. The molecule has 1 atom stereocenters. The standard InChI is InChI=1S/C26H25ClFN5O2/c1-3-15-33(2)24(29)18-9-14-22(21(28)16-18)31-25(34)23(17-7-5-4-6-8-17)32-26(35)30-20-12-10-19(27)11-13-20/h3-14,16,23,29H,1,15H2,2H3,(H,31,34)(H2,30,32,35). The average Bonchev–Trinajstić information content (AvgIpc) is 2.85. The molecule has 35 heavy (non-hydrogen) atoms. The van der Waals surface area contributed by atoms with Gasteiger partial charge in [-0.1, -0.05) is 48.0 Å². The van der Waals surface area contributed by atoms with Crippen LogP contribution < -0.4 is 16.0 Å². The normalized spacial score (nSPS) is 11.2. The van der Waals surface area contributed by atoms with Gasteiger partial charge in [0.15, 0.2) is 0 Å². The number of urea groups is 1. The van der Waals surface area contributed by atoms with E-state index < -0.39 is 23.8 Å². The highest BCUT2D eigenvalue weighted by Gasteiger charge is 2.24. The first-order valence-corrected chi connectivity index (χ1v) is 11.1. The highest BCUT2D eigenvalue weighted by molar-refractivity contribution is 6.30. The Bertz CT molecular complexity index is 1220. The summed E-state index contributed by atoms with van der Waals surface area (Å²) in [6.45, 7) is 4.06. The third-order valence-corrected chi connectivity index (χ3v) is 5.31. The number of amidine groups is 1. The molecule has 0 spiro atoms. The zero-order chi connectivity index (χ0) is 25.4. The molecule has 3 aromatic carbocycles. The van der Waals surface area contributed by atoms with Gasteiger partial charge in [0.2, 0.25) is 0 Å². The van der Waals surface area contributed by atoms with Gasteiger partial charge in [-0.3, -0.25) is 10.2 Å². The van der Waals surface area contributed by atoms with Crippen molar-refractivity contribution in [3.63, 3.8) is 0 Å². The number of likely N-dealkylation sites (N-methyl/N-ethyl adjacent to an activating group) is 1. The Morgan fingerprint density at radius 1 is 1.09 bits per heavy atom. The van der Waals surface area contributed by atoms with Gasteiger partial charge in [0.1, 0.15) is 17.7 Å². The largest absolute Gasteiger partial charge is 0.356 e. The summed E-state index contributed by atoms with van der Waals surface area (Å²) in [6, 6.07) is 17.5. The van der Waals surface area contributed by atoms with Crippen molar-refractivity contribution in [3.8, 4) is 0 Å². The monoisotopic (exact) mass is 493 g/mol. The Morgan fingerprint density at radius 3 is 2.40 bits per heavy atom. The van der Waals surface area contributed by atoms with Crippen LogP contribution in [0, 0.1) is 11.2 Å². The fourth-order valence-corrected chi connectivity index (χ4v) is 3.38. The number of halogens is 2. The predicted octanol–water partition coefficient (Wildman–Crippen LogP) is 5.42. The second-order valence-corrected chi connectivity index (χ2v) is 8.09. The van der Waals surface area contributed by atoms with Crippen LogP contribution in [0.4, 0.5) is 20.6 Å². The van der Waals surface area contributed by atoms with E-state index in [2.05, 4.69) is 22.5 Å². The van der Waals surface area contributed by atoms with Crippen molar-refractivity contribution in [2.24, 2.45) is 0 Å². The Balaban J connectivity index is 1.77. The summed E-state index contributed by atoms with van der Waals surface area (Å²) < 4.78 is 14.8. The molecular formula is C26H25ClFN5O2. The van der Waals surface area contributed by atoms with E-state index in [-0.39, 0.29) is 11.5 Å². The van der Waals surface area contributed by atoms with Crippen LogP contribution in [0.3, 0.4) is 0 Å². The van der Waals surface area contributed by atoms with Crippen molar-refractivity contribution in [1.29, 1.82) is 5.41 Å². The van der Waals surface area contributed by atoms with Gasteiger partial charge >= 0.3 is 6.03 Å². The molecule has 0 bridgehead atoms. The minimum absolute atomic E-state index is 0.0706. The molecule has 0 saturated heterocycles. The number of rotatable bonds is 8. The predicted molar refractivity (Wildman–Crippen MR) is 137 cm³/mol. The molecule has 4 N–H and O–H groups in total. The van der Waals surface area contributed by atoms with Crippen LogP contribution in [0.15, 0.2) is 85.5 Å². The Hall–Kier alpha value is -4.17. The van der Waals surface area contributed by atoms with Crippen LogP contribution >= 0.6 is 11.6 Å². The van der Waals surface area contributed by atoms with Crippen LogP contribution in [0.2, 0.25) is 5.02 Å². The van der Waals surface area contributed by atoms with Crippen LogP contribution in [-0.2, 0) is 4.79 Å². The lowest BCUT2D eigenvalue weighted by atomic mass is 10.1. The molecule has 1 unspecified atom stereocenters. The molecule has 180 valence electrons. The van der Waals surface area contributed by atoms with E-state index in [1.165, 1.54) is 12.1 Å². The number of nitrogens with one attached hydrogen (secondary N) is 4. The van der Waals surface area contributed by atoms with Crippen molar-refractivity contribution < 1.29 is 14.0 Å². The number of benzene rings is 3. The molecule has 0 radical (unpaired) electrons. The maximum atomic E-state index is 14.8. The van der Waals surface area contributed by atoms with E-state index in [4.69, 9.17) is 17.0 Å². The van der Waals surface area contributed by atoms with Crippen LogP contribution in [0.1, 0.15) is 17.2 Å². The van der Waals surface area contributed by atoms with Gasteiger partial charge < -0.3 is 20.9 Å². The topological polar surface area (TPSA) is 97.3 Å². The van der Waals surface area contributed by atoms with Gasteiger partial charge in [0.05, 0.1) is 5.69 Å². The summed E-state index contributed by atoms with van der Waals surface area (Å²) in [6.07, 6.45) is 1.64. The van der Waals surface area contributed by atoms with Crippen LogP contribution in [0.5, 0.6) is 0 Å². The van der Waals surface area contributed by atoms with E-state index in [9.17, 15) is 14.0 Å². The molecule has 3 amide bonds. The van der Waals surface area contributed by atoms with Gasteiger partial charge in [-0.25, -0.2) is 9.18 Å². The molecule has 0 aliphatic rings. The summed E-state index contributed by atoms with van der Waals surface area (Å²) in [7, 11) is 1.70. The maximum Gasteiger partial charge on any atom is 0.320 e. The summed E-state index contributed by atoms with van der Waals surface area (Å²) in [5.41, 5.74) is 1.29. The van der Waals surface area contributed by atoms with Gasteiger partial charge in [0, 0.05) is 29.9 Å². The van der Waals surface area contributed by atoms with Gasteiger partial charge in [-0.15, -0.1) is 6.58 Å². The van der Waals surface area contributed by atoms with Crippen LogP contribution in [0.25, 0.3) is 0 Å². The molecule has 7 nitrogen and oxygen atoms in total. The molecule has 3 rings (SSSR count). The quantitative estimate of drug-likeness (QED) is 0.191. The van der Waals surface area contributed by atoms with Crippen LogP contribution in [-0.4, -0.2) is 36.3 Å². The Labute approximate surface area is 208 Å². The number of anilines is 2. The van der Waals surface area contributed by atoms with Crippen molar-refractivity contribution >= 4 is 40.7 Å². The molecule has 0 aromatic heterocycles. The van der Waals surface area contributed by atoms with Gasteiger partial charge in [0.25, 0.3) is 5.91 Å². The van der Waals surface area contributed by atoms with Gasteiger partial charge in [-0.2, -0.15) is 0 Å². The lowest BCUT2D eigenvalue weighted by Gasteiger charge is -2.20. The summed E-state index contributed by atoms with van der Waals surface area (Å²) >= 11 is 5.87. The van der Waals surface area contributed by atoms with Crippen molar-refractivity contribution in [3.05, 3.63) is 107 Å². The molecular weight excluding hydrogens is 469 g/mol. The molecule has 0 saturated carbocycles. The second-order valence-electron chi connectivity index (χ2n) is 7.65. The highest BCUT2D eigenvalue weighted by atomic mass is 35.5. The SMILES string of the molecule is C=CCN(C)C(=N)c1ccc(NC(=O)C(NC(=O)Nc2ccc(Cl)cc2)c2ccccc2)c(F)c1. The molecule has 3 aromatic rings. The number of hydrogen-bond acceptors (Lipinski definition) is 3. The lowest BCUT2D eigenvalue weighted by molar-refractivity contribution is -0.118. The minimum Gasteiger partial charge on any atom is -0.356 e. The first kappa shape index (κ1) is 25.5. The van der Waals surface area contributed by atoms with E-state index in [0.29, 0.717) is 28.4 Å².